The van der Waals surface area contributed by atoms with Crippen LogP contribution in [0.3, 0.4) is 0 Å². The highest BCUT2D eigenvalue weighted by Gasteiger charge is 2.13. The quantitative estimate of drug-likeness (QED) is 0.753. The van der Waals surface area contributed by atoms with Crippen LogP contribution in [0.5, 0.6) is 0 Å². The molecule has 3 heteroatoms. The molecule has 0 bridgehead atoms. The van der Waals surface area contributed by atoms with Crippen LogP contribution in [0.15, 0.2) is 18.2 Å². The number of benzene rings is 1. The van der Waals surface area contributed by atoms with E-state index in [2.05, 4.69) is 11.0 Å². The fourth-order valence-electron chi connectivity index (χ4n) is 2.41. The molecule has 1 aromatic rings. The maximum absolute atomic E-state index is 8.99. The van der Waals surface area contributed by atoms with Gasteiger partial charge in [-0.3, -0.25) is 0 Å². The van der Waals surface area contributed by atoms with Crippen molar-refractivity contribution >= 4 is 11.4 Å². The molecule has 2 N–H and O–H groups in total. The van der Waals surface area contributed by atoms with Crippen LogP contribution in [-0.2, 0) is 0 Å². The van der Waals surface area contributed by atoms with Crippen LogP contribution < -0.4 is 10.6 Å². The number of nitrogen functional groups attached to an aromatic ring is 1. The molecule has 1 fully saturated rings. The highest BCUT2D eigenvalue weighted by Crippen LogP contribution is 2.27. The molecule has 90 valence electrons. The molecule has 0 amide bonds. The number of nitrogens with zero attached hydrogens (tertiary/aromatic N) is 2. The molecule has 3 nitrogen and oxygen atoms in total. The van der Waals surface area contributed by atoms with Crippen molar-refractivity contribution in [3.8, 4) is 6.07 Å². The van der Waals surface area contributed by atoms with Gasteiger partial charge in [0, 0.05) is 13.1 Å². The van der Waals surface area contributed by atoms with E-state index < -0.39 is 0 Å². The molecule has 1 aromatic carbocycles. The Bertz CT molecular complexity index is 412. The van der Waals surface area contributed by atoms with E-state index in [4.69, 9.17) is 11.0 Å². The first-order valence-corrected chi connectivity index (χ1v) is 6.36. The van der Waals surface area contributed by atoms with E-state index in [0.29, 0.717) is 11.3 Å². The molecular weight excluding hydrogens is 210 g/mol. The van der Waals surface area contributed by atoms with Crippen molar-refractivity contribution in [3.05, 3.63) is 23.8 Å². The second-order valence-electron chi connectivity index (χ2n) is 4.60. The summed E-state index contributed by atoms with van der Waals surface area (Å²) < 4.78 is 0. The van der Waals surface area contributed by atoms with Crippen molar-refractivity contribution < 1.29 is 0 Å². The Morgan fingerprint density at radius 1 is 1.06 bits per heavy atom. The number of rotatable bonds is 1. The highest BCUT2D eigenvalue weighted by atomic mass is 15.1. The van der Waals surface area contributed by atoms with Gasteiger partial charge in [0.25, 0.3) is 0 Å². The van der Waals surface area contributed by atoms with Crippen LogP contribution >= 0.6 is 0 Å². The number of hydrogen-bond acceptors (Lipinski definition) is 3. The molecule has 1 heterocycles. The summed E-state index contributed by atoms with van der Waals surface area (Å²) in [7, 11) is 0. The van der Waals surface area contributed by atoms with Crippen LogP contribution in [0.2, 0.25) is 0 Å². The molecule has 0 spiro atoms. The molecule has 17 heavy (non-hydrogen) atoms. The van der Waals surface area contributed by atoms with Crippen molar-refractivity contribution in [2.75, 3.05) is 23.7 Å². The van der Waals surface area contributed by atoms with E-state index in [1.165, 1.54) is 32.1 Å². The highest BCUT2D eigenvalue weighted by molar-refractivity contribution is 5.73. The van der Waals surface area contributed by atoms with Gasteiger partial charge >= 0.3 is 0 Å². The summed E-state index contributed by atoms with van der Waals surface area (Å²) in [6, 6.07) is 7.88. The van der Waals surface area contributed by atoms with Crippen LogP contribution in [-0.4, -0.2) is 13.1 Å². The first-order valence-electron chi connectivity index (χ1n) is 6.36. The van der Waals surface area contributed by atoms with E-state index >= 15 is 0 Å². The predicted molar refractivity (Wildman–Crippen MR) is 70.9 cm³/mol. The van der Waals surface area contributed by atoms with Crippen molar-refractivity contribution in [1.82, 2.24) is 0 Å². The second-order valence-corrected chi connectivity index (χ2v) is 4.60. The molecule has 0 aliphatic carbocycles. The summed E-state index contributed by atoms with van der Waals surface area (Å²) in [6.07, 6.45) is 6.39. The first kappa shape index (κ1) is 11.8. The van der Waals surface area contributed by atoms with Crippen molar-refractivity contribution in [1.29, 1.82) is 5.26 Å². The summed E-state index contributed by atoms with van der Waals surface area (Å²) in [4.78, 5) is 2.33. The van der Waals surface area contributed by atoms with Crippen molar-refractivity contribution in [3.63, 3.8) is 0 Å². The third-order valence-corrected chi connectivity index (χ3v) is 3.40. The van der Waals surface area contributed by atoms with Gasteiger partial charge in [-0.2, -0.15) is 5.26 Å². The molecule has 0 aromatic heterocycles. The molecule has 2 rings (SSSR count). The zero-order valence-corrected chi connectivity index (χ0v) is 10.2. The lowest BCUT2D eigenvalue weighted by molar-refractivity contribution is 0.557. The Hall–Kier alpha value is -1.69. The van der Waals surface area contributed by atoms with E-state index in [-0.39, 0.29) is 0 Å². The largest absolute Gasteiger partial charge is 0.396 e. The average molecular weight is 229 g/mol. The molecule has 0 radical (unpaired) electrons. The van der Waals surface area contributed by atoms with Gasteiger partial charge in [-0.1, -0.05) is 25.3 Å². The fourth-order valence-corrected chi connectivity index (χ4v) is 2.41. The Morgan fingerprint density at radius 2 is 1.71 bits per heavy atom. The molecule has 0 saturated carbocycles. The maximum Gasteiger partial charge on any atom is 0.101 e. The van der Waals surface area contributed by atoms with Crippen LogP contribution in [0, 0.1) is 11.3 Å². The van der Waals surface area contributed by atoms with E-state index in [0.717, 1.165) is 18.8 Å². The third kappa shape index (κ3) is 2.71. The summed E-state index contributed by atoms with van der Waals surface area (Å²) >= 11 is 0. The predicted octanol–water partition coefficient (Wildman–Crippen LogP) is 2.91. The van der Waals surface area contributed by atoms with Gasteiger partial charge in [0.05, 0.1) is 16.9 Å². The summed E-state index contributed by atoms with van der Waals surface area (Å²) in [6.45, 7) is 2.11. The maximum atomic E-state index is 8.99. The number of hydrogen-bond donors (Lipinski definition) is 1. The van der Waals surface area contributed by atoms with Crippen LogP contribution in [0.1, 0.15) is 37.7 Å². The van der Waals surface area contributed by atoms with Gasteiger partial charge in [0.2, 0.25) is 0 Å². The van der Waals surface area contributed by atoms with Gasteiger partial charge < -0.3 is 10.6 Å². The lowest BCUT2D eigenvalue weighted by Crippen LogP contribution is -2.27. The minimum absolute atomic E-state index is 0.588. The minimum Gasteiger partial charge on any atom is -0.396 e. The Morgan fingerprint density at radius 3 is 2.35 bits per heavy atom. The number of nitriles is 1. The number of para-hydroxylation sites is 1. The average Bonchev–Trinajstić information content (AvgIpc) is 2.30. The number of anilines is 2. The molecule has 1 aliphatic heterocycles. The smallest absolute Gasteiger partial charge is 0.101 e. The lowest BCUT2D eigenvalue weighted by Gasteiger charge is -2.28. The summed E-state index contributed by atoms with van der Waals surface area (Å²) in [5.41, 5.74) is 8.31. The Labute approximate surface area is 103 Å². The SMILES string of the molecule is N#Cc1cccc(N2CCCCCCC2)c1N. The summed E-state index contributed by atoms with van der Waals surface area (Å²) in [5.74, 6) is 0. The second kappa shape index (κ2) is 5.58. The zero-order valence-electron chi connectivity index (χ0n) is 10.2. The van der Waals surface area contributed by atoms with E-state index in [1.807, 2.05) is 12.1 Å². The standard InChI is InChI=1S/C14H19N3/c15-11-12-7-6-8-13(14(12)16)17-9-4-2-1-3-5-10-17/h6-8H,1-5,9-10,16H2. The van der Waals surface area contributed by atoms with E-state index in [9.17, 15) is 0 Å². The lowest BCUT2D eigenvalue weighted by atomic mass is 10.1. The molecule has 1 aliphatic rings. The monoisotopic (exact) mass is 229 g/mol. The Kier molecular flexibility index (Phi) is 3.87. The van der Waals surface area contributed by atoms with Gasteiger partial charge in [-0.25, -0.2) is 0 Å². The third-order valence-electron chi connectivity index (χ3n) is 3.40. The minimum atomic E-state index is 0.588. The van der Waals surface area contributed by atoms with Crippen molar-refractivity contribution in [2.24, 2.45) is 0 Å². The van der Waals surface area contributed by atoms with Crippen molar-refractivity contribution in [2.45, 2.75) is 32.1 Å². The van der Waals surface area contributed by atoms with Gasteiger partial charge in [0.15, 0.2) is 0 Å². The zero-order chi connectivity index (χ0) is 12.1. The first-order chi connectivity index (χ1) is 8.33. The molecule has 1 saturated heterocycles. The van der Waals surface area contributed by atoms with Crippen LogP contribution in [0.25, 0.3) is 0 Å². The number of nitrogens with two attached hydrogens (primary N) is 1. The van der Waals surface area contributed by atoms with Gasteiger partial charge in [-0.15, -0.1) is 0 Å². The molecular formula is C14H19N3. The van der Waals surface area contributed by atoms with Gasteiger partial charge in [-0.05, 0) is 25.0 Å². The van der Waals surface area contributed by atoms with Gasteiger partial charge in [0.1, 0.15) is 6.07 Å². The molecule has 0 unspecified atom stereocenters. The Balaban J connectivity index is 2.22. The summed E-state index contributed by atoms with van der Waals surface area (Å²) in [5, 5.41) is 8.99. The topological polar surface area (TPSA) is 53.0 Å². The van der Waals surface area contributed by atoms with Crippen LogP contribution in [0.4, 0.5) is 11.4 Å². The normalized spacial score (nSPS) is 17.0. The fraction of sp³-hybridized carbons (Fsp3) is 0.500. The molecule has 0 atom stereocenters. The van der Waals surface area contributed by atoms with E-state index in [1.54, 1.807) is 6.07 Å².